The van der Waals surface area contributed by atoms with Crippen LogP contribution in [0.25, 0.3) is 11.3 Å². The topological polar surface area (TPSA) is 42.2 Å². The molecular formula is C16H18ClNO2. The Hall–Kier alpha value is -1.74. The minimum absolute atomic E-state index is 0.00495. The van der Waals surface area contributed by atoms with Gasteiger partial charge in [-0.1, -0.05) is 37.6 Å². The van der Waals surface area contributed by atoms with Gasteiger partial charge in [-0.25, -0.2) is 4.79 Å². The molecule has 0 aliphatic carbocycles. The van der Waals surface area contributed by atoms with Gasteiger partial charge in [-0.15, -0.1) is 0 Å². The first-order chi connectivity index (χ1) is 9.40. The SMILES string of the molecule is Cc1cc(-c2ccc(Cl)cc2)n(C(C(=O)O)C(C)C)c1. The molecular weight excluding hydrogens is 274 g/mol. The van der Waals surface area contributed by atoms with Gasteiger partial charge in [0.05, 0.1) is 0 Å². The molecule has 1 heterocycles. The van der Waals surface area contributed by atoms with Crippen molar-refractivity contribution in [3.8, 4) is 11.3 Å². The molecule has 4 heteroatoms. The van der Waals surface area contributed by atoms with E-state index in [-0.39, 0.29) is 5.92 Å². The Bertz CT molecular complexity index is 614. The summed E-state index contributed by atoms with van der Waals surface area (Å²) in [6.07, 6.45) is 1.89. The van der Waals surface area contributed by atoms with Crippen LogP contribution in [0.4, 0.5) is 0 Å². The van der Waals surface area contributed by atoms with Gasteiger partial charge < -0.3 is 9.67 Å². The maximum atomic E-state index is 11.5. The van der Waals surface area contributed by atoms with Crippen molar-refractivity contribution in [3.63, 3.8) is 0 Å². The average molecular weight is 292 g/mol. The Morgan fingerprint density at radius 3 is 2.35 bits per heavy atom. The van der Waals surface area contributed by atoms with Gasteiger partial charge in [0.2, 0.25) is 0 Å². The van der Waals surface area contributed by atoms with E-state index in [0.29, 0.717) is 5.02 Å². The molecule has 1 atom stereocenters. The first kappa shape index (κ1) is 14.7. The molecule has 2 aromatic rings. The zero-order valence-electron chi connectivity index (χ0n) is 11.8. The van der Waals surface area contributed by atoms with Gasteiger partial charge in [-0.3, -0.25) is 0 Å². The molecule has 0 amide bonds. The zero-order chi connectivity index (χ0) is 14.9. The normalized spacial score (nSPS) is 12.7. The maximum absolute atomic E-state index is 11.5. The minimum Gasteiger partial charge on any atom is -0.480 e. The Morgan fingerprint density at radius 2 is 1.85 bits per heavy atom. The summed E-state index contributed by atoms with van der Waals surface area (Å²) in [5.41, 5.74) is 2.91. The Labute approximate surface area is 123 Å². The summed E-state index contributed by atoms with van der Waals surface area (Å²) >= 11 is 5.91. The number of aryl methyl sites for hydroxylation is 1. The van der Waals surface area contributed by atoms with Crippen LogP contribution in [0.1, 0.15) is 25.5 Å². The van der Waals surface area contributed by atoms with Crippen molar-refractivity contribution >= 4 is 17.6 Å². The first-order valence-electron chi connectivity index (χ1n) is 6.57. The van der Waals surface area contributed by atoms with Crippen LogP contribution in [0.2, 0.25) is 5.02 Å². The van der Waals surface area contributed by atoms with Crippen LogP contribution in [0.5, 0.6) is 0 Å². The number of carbonyl (C=O) groups is 1. The summed E-state index contributed by atoms with van der Waals surface area (Å²) in [4.78, 5) is 11.5. The van der Waals surface area contributed by atoms with Gasteiger partial charge >= 0.3 is 5.97 Å². The molecule has 3 nitrogen and oxygen atoms in total. The second kappa shape index (κ2) is 5.71. The van der Waals surface area contributed by atoms with Gasteiger partial charge in [0.25, 0.3) is 0 Å². The van der Waals surface area contributed by atoms with E-state index in [9.17, 15) is 9.90 Å². The quantitative estimate of drug-likeness (QED) is 0.907. The van der Waals surface area contributed by atoms with Gasteiger partial charge in [0.15, 0.2) is 0 Å². The molecule has 0 radical (unpaired) electrons. The van der Waals surface area contributed by atoms with Crippen molar-refractivity contribution in [2.45, 2.75) is 26.8 Å². The highest BCUT2D eigenvalue weighted by Gasteiger charge is 2.25. The lowest BCUT2D eigenvalue weighted by Crippen LogP contribution is -2.24. The molecule has 0 saturated heterocycles. The van der Waals surface area contributed by atoms with E-state index in [4.69, 9.17) is 11.6 Å². The summed E-state index contributed by atoms with van der Waals surface area (Å²) in [7, 11) is 0. The van der Waals surface area contributed by atoms with E-state index < -0.39 is 12.0 Å². The number of benzene rings is 1. The fraction of sp³-hybridized carbons (Fsp3) is 0.312. The predicted molar refractivity (Wildman–Crippen MR) is 81.1 cm³/mol. The molecule has 1 unspecified atom stereocenters. The number of aromatic nitrogens is 1. The third-order valence-electron chi connectivity index (χ3n) is 3.31. The molecule has 2 rings (SSSR count). The van der Waals surface area contributed by atoms with Crippen LogP contribution < -0.4 is 0 Å². The molecule has 0 bridgehead atoms. The fourth-order valence-corrected chi connectivity index (χ4v) is 2.55. The van der Waals surface area contributed by atoms with Gasteiger partial charge in [0, 0.05) is 16.9 Å². The Balaban J connectivity index is 2.55. The lowest BCUT2D eigenvalue weighted by atomic mass is 10.0. The molecule has 1 N–H and O–H groups in total. The van der Waals surface area contributed by atoms with Crippen LogP contribution >= 0.6 is 11.6 Å². The Morgan fingerprint density at radius 1 is 1.25 bits per heavy atom. The first-order valence-corrected chi connectivity index (χ1v) is 6.95. The zero-order valence-corrected chi connectivity index (χ0v) is 12.6. The molecule has 0 aliphatic rings. The van der Waals surface area contributed by atoms with E-state index >= 15 is 0 Å². The van der Waals surface area contributed by atoms with Gasteiger partial charge in [0.1, 0.15) is 6.04 Å². The maximum Gasteiger partial charge on any atom is 0.326 e. The smallest absolute Gasteiger partial charge is 0.326 e. The van der Waals surface area contributed by atoms with Crippen LogP contribution in [0, 0.1) is 12.8 Å². The van der Waals surface area contributed by atoms with Gasteiger partial charge in [-0.2, -0.15) is 0 Å². The largest absolute Gasteiger partial charge is 0.480 e. The number of aliphatic carboxylic acids is 1. The van der Waals surface area contributed by atoms with Crippen molar-refractivity contribution in [1.29, 1.82) is 0 Å². The van der Waals surface area contributed by atoms with Crippen LogP contribution in [-0.2, 0) is 4.79 Å². The van der Waals surface area contributed by atoms with Crippen molar-refractivity contribution in [2.75, 3.05) is 0 Å². The van der Waals surface area contributed by atoms with Crippen LogP contribution in [0.3, 0.4) is 0 Å². The monoisotopic (exact) mass is 291 g/mol. The van der Waals surface area contributed by atoms with Crippen molar-refractivity contribution < 1.29 is 9.90 Å². The highest BCUT2D eigenvalue weighted by molar-refractivity contribution is 6.30. The third kappa shape index (κ3) is 2.88. The van der Waals surface area contributed by atoms with E-state index in [1.54, 1.807) is 0 Å². The summed E-state index contributed by atoms with van der Waals surface area (Å²) in [5.74, 6) is -0.809. The molecule has 1 aromatic heterocycles. The number of hydrogen-bond acceptors (Lipinski definition) is 1. The molecule has 0 spiro atoms. The lowest BCUT2D eigenvalue weighted by molar-refractivity contribution is -0.142. The van der Waals surface area contributed by atoms with Crippen LogP contribution in [0.15, 0.2) is 36.5 Å². The van der Waals surface area contributed by atoms with Crippen molar-refractivity contribution in [1.82, 2.24) is 4.57 Å². The molecule has 0 fully saturated rings. The number of nitrogens with zero attached hydrogens (tertiary/aromatic N) is 1. The average Bonchev–Trinajstić information content (AvgIpc) is 2.71. The number of rotatable bonds is 4. The van der Waals surface area contributed by atoms with Gasteiger partial charge in [-0.05, 0) is 42.2 Å². The summed E-state index contributed by atoms with van der Waals surface area (Å²) < 4.78 is 1.84. The highest BCUT2D eigenvalue weighted by Crippen LogP contribution is 2.30. The molecule has 0 saturated carbocycles. The minimum atomic E-state index is -0.814. The second-order valence-corrected chi connectivity index (χ2v) is 5.78. The van der Waals surface area contributed by atoms with E-state index in [1.807, 2.05) is 61.9 Å². The number of halogens is 1. The van der Waals surface area contributed by atoms with Crippen LogP contribution in [-0.4, -0.2) is 15.6 Å². The summed E-state index contributed by atoms with van der Waals surface area (Å²) in [6, 6.07) is 8.87. The second-order valence-electron chi connectivity index (χ2n) is 5.34. The van der Waals surface area contributed by atoms with Crippen molar-refractivity contribution in [3.05, 3.63) is 47.1 Å². The number of carboxylic acids is 1. The standard InChI is InChI=1S/C16H18ClNO2/c1-10(2)15(16(19)20)18-9-11(3)8-14(18)12-4-6-13(17)7-5-12/h4-10,15H,1-3H3,(H,19,20). The summed E-state index contributed by atoms with van der Waals surface area (Å²) in [6.45, 7) is 5.80. The van der Waals surface area contributed by atoms with E-state index in [2.05, 4.69) is 0 Å². The Kier molecular flexibility index (Phi) is 4.19. The molecule has 20 heavy (non-hydrogen) atoms. The van der Waals surface area contributed by atoms with E-state index in [0.717, 1.165) is 16.8 Å². The highest BCUT2D eigenvalue weighted by atomic mass is 35.5. The van der Waals surface area contributed by atoms with E-state index in [1.165, 1.54) is 0 Å². The van der Waals surface area contributed by atoms with Crippen molar-refractivity contribution in [2.24, 2.45) is 5.92 Å². The summed E-state index contributed by atoms with van der Waals surface area (Å²) in [5, 5.41) is 10.1. The number of carboxylic acid groups (broad SMARTS) is 1. The number of hydrogen-bond donors (Lipinski definition) is 1. The third-order valence-corrected chi connectivity index (χ3v) is 3.56. The lowest BCUT2D eigenvalue weighted by Gasteiger charge is -2.21. The molecule has 106 valence electrons. The molecule has 0 aliphatic heterocycles. The fourth-order valence-electron chi connectivity index (χ4n) is 2.42. The predicted octanol–water partition coefficient (Wildman–Crippen LogP) is 4.40. The molecule has 1 aromatic carbocycles.